The number of rotatable bonds is 7. The van der Waals surface area contributed by atoms with Crippen molar-refractivity contribution < 1.29 is 29.0 Å². The Morgan fingerprint density at radius 1 is 1.23 bits per heavy atom. The lowest BCUT2D eigenvalue weighted by molar-refractivity contribution is -0.143. The summed E-state index contributed by atoms with van der Waals surface area (Å²) in [7, 11) is 0. The minimum absolute atomic E-state index is 0.144. The number of nitrogens with one attached hydrogen (secondary N) is 1. The zero-order valence-electron chi connectivity index (χ0n) is 16.8. The zero-order chi connectivity index (χ0) is 21.8. The lowest BCUT2D eigenvalue weighted by Gasteiger charge is -2.26. The van der Waals surface area contributed by atoms with Gasteiger partial charge < -0.3 is 19.9 Å². The van der Waals surface area contributed by atoms with Crippen LogP contribution in [-0.4, -0.2) is 35.9 Å². The lowest BCUT2D eigenvalue weighted by Crippen LogP contribution is -2.35. The van der Waals surface area contributed by atoms with E-state index in [2.05, 4.69) is 5.32 Å². The van der Waals surface area contributed by atoms with Gasteiger partial charge in [-0.25, -0.2) is 0 Å². The molecule has 1 amide bonds. The predicted molar refractivity (Wildman–Crippen MR) is 115 cm³/mol. The third kappa shape index (κ3) is 5.14. The molecule has 4 rings (SSSR count). The lowest BCUT2D eigenvalue weighted by atomic mass is 9.82. The quantitative estimate of drug-likeness (QED) is 0.635. The molecule has 31 heavy (non-hydrogen) atoms. The van der Waals surface area contributed by atoms with Gasteiger partial charge >= 0.3 is 5.97 Å². The summed E-state index contributed by atoms with van der Waals surface area (Å²) >= 11 is 1.52. The van der Waals surface area contributed by atoms with Gasteiger partial charge in [-0.2, -0.15) is 0 Å². The van der Waals surface area contributed by atoms with Crippen molar-refractivity contribution in [2.24, 2.45) is 11.8 Å². The Morgan fingerprint density at radius 3 is 2.74 bits per heavy atom. The third-order valence-electron chi connectivity index (χ3n) is 5.61. The molecule has 0 spiro atoms. The Labute approximate surface area is 183 Å². The van der Waals surface area contributed by atoms with Crippen molar-refractivity contribution in [2.45, 2.75) is 25.7 Å². The van der Waals surface area contributed by atoms with Gasteiger partial charge in [0.05, 0.1) is 11.5 Å². The standard InChI is InChI=1S/C23H23NO6S/c25-21(24-12-14-3-5-15(6-4-14)23(27)28)13-29-16-7-8-18-19(10-16)30-20(22(18)26)11-17-2-1-9-31-17/h1-2,7-11,14-15H,3-6,12-13H2,(H,24,25)(H,27,28)/b20-11-. The molecule has 162 valence electrons. The summed E-state index contributed by atoms with van der Waals surface area (Å²) in [6.07, 6.45) is 4.63. The molecule has 1 aromatic carbocycles. The van der Waals surface area contributed by atoms with Crippen molar-refractivity contribution in [1.29, 1.82) is 0 Å². The van der Waals surface area contributed by atoms with Gasteiger partial charge in [-0.3, -0.25) is 14.4 Å². The molecule has 0 bridgehead atoms. The normalized spacial score (nSPS) is 21.4. The molecule has 1 aliphatic carbocycles. The van der Waals surface area contributed by atoms with E-state index in [1.54, 1.807) is 24.3 Å². The average Bonchev–Trinajstić information content (AvgIpc) is 3.39. The number of Topliss-reactive ketones (excluding diaryl/α,β-unsaturated/α-hetero) is 1. The number of hydrogen-bond donors (Lipinski definition) is 2. The topological polar surface area (TPSA) is 102 Å². The van der Waals surface area contributed by atoms with Crippen molar-refractivity contribution in [2.75, 3.05) is 13.2 Å². The van der Waals surface area contributed by atoms with Crippen LogP contribution in [-0.2, 0) is 9.59 Å². The zero-order valence-corrected chi connectivity index (χ0v) is 17.7. The van der Waals surface area contributed by atoms with Crippen molar-refractivity contribution in [1.82, 2.24) is 5.32 Å². The molecule has 0 radical (unpaired) electrons. The summed E-state index contributed by atoms with van der Waals surface area (Å²) in [6, 6.07) is 8.71. The average molecular weight is 442 g/mol. The summed E-state index contributed by atoms with van der Waals surface area (Å²) in [5.74, 6) is 0.0239. The molecule has 2 aliphatic rings. The number of thiophene rings is 1. The number of ether oxygens (including phenoxy) is 2. The molecule has 2 heterocycles. The molecule has 1 fully saturated rings. The number of amides is 1. The van der Waals surface area contributed by atoms with Crippen LogP contribution in [0.2, 0.25) is 0 Å². The summed E-state index contributed by atoms with van der Waals surface area (Å²) in [6.45, 7) is 0.377. The first kappa shape index (κ1) is 21.1. The van der Waals surface area contributed by atoms with Gasteiger partial charge in [-0.15, -0.1) is 11.3 Å². The monoisotopic (exact) mass is 441 g/mol. The van der Waals surface area contributed by atoms with E-state index in [-0.39, 0.29) is 30.0 Å². The van der Waals surface area contributed by atoms with Gasteiger partial charge in [0.15, 0.2) is 12.4 Å². The van der Waals surface area contributed by atoms with Crippen molar-refractivity contribution in [3.05, 3.63) is 51.9 Å². The summed E-state index contributed by atoms with van der Waals surface area (Å²) in [5, 5.41) is 13.8. The predicted octanol–water partition coefficient (Wildman–Crippen LogP) is 3.75. The molecule has 2 aromatic rings. The smallest absolute Gasteiger partial charge is 0.306 e. The number of hydrogen-bond acceptors (Lipinski definition) is 6. The SMILES string of the molecule is O=C(COc1ccc2c(c1)O/C(=C\c1cccs1)C2=O)NCC1CCC(C(=O)O)CC1. The number of carbonyl (C=O) groups excluding carboxylic acids is 2. The van der Waals surface area contributed by atoms with Crippen LogP contribution in [0.3, 0.4) is 0 Å². The van der Waals surface area contributed by atoms with E-state index in [1.165, 1.54) is 11.3 Å². The first-order chi connectivity index (χ1) is 15.0. The molecule has 2 N–H and O–H groups in total. The second-order valence-corrected chi connectivity index (χ2v) is 8.74. The van der Waals surface area contributed by atoms with E-state index in [0.717, 1.165) is 17.7 Å². The summed E-state index contributed by atoms with van der Waals surface area (Å²) in [5.41, 5.74) is 0.469. The Bertz CT molecular complexity index is 1010. The Hall–Kier alpha value is -3.13. The molecular weight excluding hydrogens is 418 g/mol. The molecule has 8 heteroatoms. The van der Waals surface area contributed by atoms with E-state index in [0.29, 0.717) is 42.4 Å². The fourth-order valence-corrected chi connectivity index (χ4v) is 4.48. The number of carboxylic acids is 1. The van der Waals surface area contributed by atoms with Gasteiger partial charge in [0.1, 0.15) is 11.5 Å². The van der Waals surface area contributed by atoms with E-state index in [1.807, 2.05) is 17.5 Å². The van der Waals surface area contributed by atoms with Crippen LogP contribution in [0.4, 0.5) is 0 Å². The Kier molecular flexibility index (Phi) is 6.36. The molecule has 1 saturated carbocycles. The number of carbonyl (C=O) groups is 3. The van der Waals surface area contributed by atoms with Crippen LogP contribution in [0.25, 0.3) is 6.08 Å². The van der Waals surface area contributed by atoms with Crippen LogP contribution in [0.1, 0.15) is 40.9 Å². The van der Waals surface area contributed by atoms with Crippen molar-refractivity contribution in [3.63, 3.8) is 0 Å². The van der Waals surface area contributed by atoms with E-state index in [4.69, 9.17) is 14.6 Å². The third-order valence-corrected chi connectivity index (χ3v) is 6.43. The fraction of sp³-hybridized carbons (Fsp3) is 0.348. The fourth-order valence-electron chi connectivity index (χ4n) is 3.83. The highest BCUT2D eigenvalue weighted by atomic mass is 32.1. The highest BCUT2D eigenvalue weighted by molar-refractivity contribution is 7.10. The second kappa shape index (κ2) is 9.34. The largest absolute Gasteiger partial charge is 0.484 e. The van der Waals surface area contributed by atoms with Crippen LogP contribution in [0, 0.1) is 11.8 Å². The highest BCUT2D eigenvalue weighted by Crippen LogP contribution is 2.35. The van der Waals surface area contributed by atoms with Crippen LogP contribution < -0.4 is 14.8 Å². The number of ketones is 1. The minimum atomic E-state index is -0.731. The minimum Gasteiger partial charge on any atom is -0.484 e. The van der Waals surface area contributed by atoms with E-state index < -0.39 is 5.97 Å². The number of aliphatic carboxylic acids is 1. The molecule has 7 nitrogen and oxygen atoms in total. The molecule has 0 atom stereocenters. The first-order valence-electron chi connectivity index (χ1n) is 10.2. The van der Waals surface area contributed by atoms with Gasteiger partial charge in [-0.1, -0.05) is 6.07 Å². The number of benzene rings is 1. The maximum atomic E-state index is 12.5. The Morgan fingerprint density at radius 2 is 2.03 bits per heavy atom. The number of allylic oxidation sites excluding steroid dienone is 1. The molecule has 0 unspecified atom stereocenters. The number of carboxylic acid groups (broad SMARTS) is 1. The molecule has 1 aromatic heterocycles. The van der Waals surface area contributed by atoms with Gasteiger partial charge in [0, 0.05) is 23.6 Å². The summed E-state index contributed by atoms with van der Waals surface area (Å²) in [4.78, 5) is 36.5. The molecule has 1 aliphatic heterocycles. The Balaban J connectivity index is 1.25. The molecule has 0 saturated heterocycles. The van der Waals surface area contributed by atoms with Gasteiger partial charge in [0.2, 0.25) is 5.78 Å². The van der Waals surface area contributed by atoms with Gasteiger partial charge in [0.25, 0.3) is 5.91 Å². The maximum absolute atomic E-state index is 12.5. The van der Waals surface area contributed by atoms with E-state index >= 15 is 0 Å². The maximum Gasteiger partial charge on any atom is 0.306 e. The van der Waals surface area contributed by atoms with E-state index in [9.17, 15) is 14.4 Å². The van der Waals surface area contributed by atoms with Crippen LogP contribution in [0.15, 0.2) is 41.5 Å². The van der Waals surface area contributed by atoms with Crippen molar-refractivity contribution >= 4 is 35.1 Å². The highest BCUT2D eigenvalue weighted by Gasteiger charge is 2.28. The number of fused-ring (bicyclic) bond motifs is 1. The van der Waals surface area contributed by atoms with Gasteiger partial charge in [-0.05, 0) is 55.2 Å². The first-order valence-corrected chi connectivity index (χ1v) is 11.1. The summed E-state index contributed by atoms with van der Waals surface area (Å²) < 4.78 is 11.2. The van der Waals surface area contributed by atoms with Crippen LogP contribution in [0.5, 0.6) is 11.5 Å². The van der Waals surface area contributed by atoms with Crippen molar-refractivity contribution in [3.8, 4) is 11.5 Å². The second-order valence-electron chi connectivity index (χ2n) is 7.76. The molecular formula is C23H23NO6S. The van der Waals surface area contributed by atoms with Crippen LogP contribution >= 0.6 is 11.3 Å².